The zero-order chi connectivity index (χ0) is 22.1. The molecule has 3 aliphatic carbocycles. The van der Waals surface area contributed by atoms with Crippen LogP contribution in [0.15, 0.2) is 0 Å². The van der Waals surface area contributed by atoms with E-state index in [1.807, 2.05) is 0 Å². The third-order valence-electron chi connectivity index (χ3n) is 7.91. The van der Waals surface area contributed by atoms with Gasteiger partial charge in [-0.15, -0.1) is 0 Å². The summed E-state index contributed by atoms with van der Waals surface area (Å²) in [6.07, 6.45) is 15.0. The molecule has 178 valence electrons. The summed E-state index contributed by atoms with van der Waals surface area (Å²) in [4.78, 5) is 23.5. The van der Waals surface area contributed by atoms with Crippen molar-refractivity contribution in [2.75, 3.05) is 20.3 Å². The predicted molar refractivity (Wildman–Crippen MR) is 122 cm³/mol. The first-order chi connectivity index (χ1) is 15.0. The Kier molecular flexibility index (Phi) is 9.95. The molecule has 6 heteroatoms. The maximum atomic E-state index is 12.2. The number of ether oxygens (including phenoxy) is 2. The van der Waals surface area contributed by atoms with Gasteiger partial charge in [0, 0.05) is 32.7 Å². The van der Waals surface area contributed by atoms with Crippen molar-refractivity contribution in [2.24, 2.45) is 23.7 Å². The van der Waals surface area contributed by atoms with E-state index in [9.17, 15) is 9.59 Å². The Labute approximate surface area is 188 Å². The quantitative estimate of drug-likeness (QED) is 0.572. The van der Waals surface area contributed by atoms with E-state index in [-0.39, 0.29) is 18.0 Å². The molecule has 3 fully saturated rings. The van der Waals surface area contributed by atoms with Gasteiger partial charge in [-0.25, -0.2) is 4.79 Å². The highest BCUT2D eigenvalue weighted by atomic mass is 16.5. The van der Waals surface area contributed by atoms with Crippen molar-refractivity contribution in [3.05, 3.63) is 0 Å². The molecule has 0 aliphatic heterocycles. The summed E-state index contributed by atoms with van der Waals surface area (Å²) in [5, 5.41) is 6.19. The highest BCUT2D eigenvalue weighted by Crippen LogP contribution is 2.35. The predicted octanol–water partition coefficient (Wildman–Crippen LogP) is 4.81. The Hall–Kier alpha value is -1.30. The first-order valence-corrected chi connectivity index (χ1v) is 12.7. The number of hydrogen-bond acceptors (Lipinski definition) is 4. The Morgan fingerprint density at radius 1 is 0.677 bits per heavy atom. The van der Waals surface area contributed by atoms with Crippen molar-refractivity contribution in [1.82, 2.24) is 10.6 Å². The molecule has 3 saturated carbocycles. The van der Waals surface area contributed by atoms with Crippen LogP contribution in [0.25, 0.3) is 0 Å². The van der Waals surface area contributed by atoms with Crippen LogP contribution in [-0.2, 0) is 14.3 Å². The molecule has 2 N–H and O–H groups in total. The normalized spacial score (nSPS) is 34.0. The van der Waals surface area contributed by atoms with Crippen LogP contribution in [0.4, 0.5) is 4.79 Å². The van der Waals surface area contributed by atoms with E-state index in [2.05, 4.69) is 10.6 Å². The van der Waals surface area contributed by atoms with Gasteiger partial charge in [-0.2, -0.15) is 0 Å². The highest BCUT2D eigenvalue weighted by molar-refractivity contribution is 5.73. The second-order valence-corrected chi connectivity index (χ2v) is 10.5. The van der Waals surface area contributed by atoms with E-state index < -0.39 is 0 Å². The Morgan fingerprint density at radius 3 is 1.61 bits per heavy atom. The van der Waals surface area contributed by atoms with E-state index in [1.165, 1.54) is 44.9 Å². The molecule has 3 aliphatic rings. The molecule has 0 aromatic rings. The van der Waals surface area contributed by atoms with Crippen molar-refractivity contribution < 1.29 is 19.1 Å². The van der Waals surface area contributed by atoms with Crippen LogP contribution < -0.4 is 10.6 Å². The molecule has 0 unspecified atom stereocenters. The molecule has 0 aromatic heterocycles. The van der Waals surface area contributed by atoms with Crippen LogP contribution in [0.1, 0.15) is 90.4 Å². The zero-order valence-electron chi connectivity index (χ0n) is 19.7. The lowest BCUT2D eigenvalue weighted by molar-refractivity contribution is -0.119. The van der Waals surface area contributed by atoms with Gasteiger partial charge in [0.05, 0.1) is 6.61 Å². The van der Waals surface area contributed by atoms with Gasteiger partial charge in [-0.3, -0.25) is 4.79 Å². The fourth-order valence-corrected chi connectivity index (χ4v) is 6.05. The van der Waals surface area contributed by atoms with Gasteiger partial charge in [0.15, 0.2) is 0 Å². The van der Waals surface area contributed by atoms with Crippen molar-refractivity contribution in [3.8, 4) is 0 Å². The molecule has 0 heterocycles. The van der Waals surface area contributed by atoms with Crippen LogP contribution in [0.5, 0.6) is 0 Å². The van der Waals surface area contributed by atoms with E-state index in [4.69, 9.17) is 9.47 Å². The van der Waals surface area contributed by atoms with Crippen molar-refractivity contribution >= 4 is 12.0 Å². The lowest BCUT2D eigenvalue weighted by Crippen LogP contribution is -2.39. The zero-order valence-corrected chi connectivity index (χ0v) is 19.7. The number of hydrogen-bond donors (Lipinski definition) is 2. The van der Waals surface area contributed by atoms with Gasteiger partial charge >= 0.3 is 6.09 Å². The molecule has 0 saturated heterocycles. The van der Waals surface area contributed by atoms with Gasteiger partial charge in [0.2, 0.25) is 5.91 Å². The van der Waals surface area contributed by atoms with E-state index >= 15 is 0 Å². The molecule has 0 atom stereocenters. The van der Waals surface area contributed by atoms with Crippen LogP contribution in [-0.4, -0.2) is 44.4 Å². The molecule has 0 bridgehead atoms. The lowest BCUT2D eigenvalue weighted by atomic mass is 9.75. The molecule has 31 heavy (non-hydrogen) atoms. The monoisotopic (exact) mass is 436 g/mol. The average molecular weight is 437 g/mol. The summed E-state index contributed by atoms with van der Waals surface area (Å²) in [6.45, 7) is 3.03. The van der Waals surface area contributed by atoms with Crippen molar-refractivity contribution in [1.29, 1.82) is 0 Å². The van der Waals surface area contributed by atoms with Crippen molar-refractivity contribution in [2.45, 2.75) is 102 Å². The van der Waals surface area contributed by atoms with E-state index in [0.717, 1.165) is 57.0 Å². The summed E-state index contributed by atoms with van der Waals surface area (Å²) in [5.41, 5.74) is 0. The standard InChI is InChI=1S/C25H44N2O4/c1-18(28)26-23-11-7-19(8-12-23)15-20-9-13-24(14-10-20)27-25(29)31-17-22-5-3-21(4-6-22)16-30-2/h19-24H,3-17H2,1-2H3,(H,26,28)(H,27,29). The molecule has 6 nitrogen and oxygen atoms in total. The average Bonchev–Trinajstić information content (AvgIpc) is 2.76. The summed E-state index contributed by atoms with van der Waals surface area (Å²) in [7, 11) is 1.77. The molecule has 0 radical (unpaired) electrons. The fraction of sp³-hybridized carbons (Fsp3) is 0.920. The minimum absolute atomic E-state index is 0.0993. The topological polar surface area (TPSA) is 76.7 Å². The summed E-state index contributed by atoms with van der Waals surface area (Å²) in [6, 6.07) is 0.664. The van der Waals surface area contributed by atoms with E-state index in [0.29, 0.717) is 24.5 Å². The number of amides is 2. The largest absolute Gasteiger partial charge is 0.449 e. The first-order valence-electron chi connectivity index (χ1n) is 12.7. The van der Waals surface area contributed by atoms with Crippen LogP contribution >= 0.6 is 0 Å². The number of methoxy groups -OCH3 is 1. The molecular weight excluding hydrogens is 392 g/mol. The molecule has 0 aromatic carbocycles. The van der Waals surface area contributed by atoms with Crippen LogP contribution in [0.3, 0.4) is 0 Å². The maximum Gasteiger partial charge on any atom is 0.407 e. The molecule has 2 amide bonds. The Bertz CT molecular complexity index is 546. The van der Waals surface area contributed by atoms with Gasteiger partial charge in [0.25, 0.3) is 0 Å². The Balaban J connectivity index is 1.24. The molecular formula is C25H44N2O4. The number of carbonyl (C=O) groups is 2. The minimum Gasteiger partial charge on any atom is -0.449 e. The SMILES string of the molecule is COCC1CCC(COC(=O)NC2CCC(CC3CCC(NC(C)=O)CC3)CC2)CC1. The lowest BCUT2D eigenvalue weighted by Gasteiger charge is -2.34. The van der Waals surface area contributed by atoms with Crippen LogP contribution in [0, 0.1) is 23.7 Å². The van der Waals surface area contributed by atoms with Gasteiger partial charge in [-0.05, 0) is 107 Å². The number of carbonyl (C=O) groups excluding carboxylic acids is 2. The second kappa shape index (κ2) is 12.7. The number of nitrogens with one attached hydrogen (secondary N) is 2. The highest BCUT2D eigenvalue weighted by Gasteiger charge is 2.28. The van der Waals surface area contributed by atoms with E-state index in [1.54, 1.807) is 14.0 Å². The third-order valence-corrected chi connectivity index (χ3v) is 7.91. The maximum absolute atomic E-state index is 12.2. The fourth-order valence-electron chi connectivity index (χ4n) is 6.05. The smallest absolute Gasteiger partial charge is 0.407 e. The molecule has 0 spiro atoms. The summed E-state index contributed by atoms with van der Waals surface area (Å²) in [5.74, 6) is 2.89. The third kappa shape index (κ3) is 8.63. The summed E-state index contributed by atoms with van der Waals surface area (Å²) < 4.78 is 10.8. The molecule has 3 rings (SSSR count). The number of rotatable bonds is 8. The van der Waals surface area contributed by atoms with Gasteiger partial charge in [0.1, 0.15) is 0 Å². The van der Waals surface area contributed by atoms with Crippen molar-refractivity contribution in [3.63, 3.8) is 0 Å². The van der Waals surface area contributed by atoms with Gasteiger partial charge in [-0.1, -0.05) is 0 Å². The Morgan fingerprint density at radius 2 is 1.13 bits per heavy atom. The van der Waals surface area contributed by atoms with Gasteiger partial charge < -0.3 is 20.1 Å². The number of alkyl carbamates (subject to hydrolysis) is 1. The minimum atomic E-state index is -0.223. The first kappa shape index (κ1) is 24.3. The summed E-state index contributed by atoms with van der Waals surface area (Å²) >= 11 is 0. The van der Waals surface area contributed by atoms with Crippen LogP contribution in [0.2, 0.25) is 0 Å². The second-order valence-electron chi connectivity index (χ2n) is 10.5.